The van der Waals surface area contributed by atoms with Crippen LogP contribution in [0.4, 0.5) is 10.1 Å². The van der Waals surface area contributed by atoms with Gasteiger partial charge in [-0.15, -0.1) is 0 Å². The van der Waals surface area contributed by atoms with Crippen LogP contribution in [0.5, 0.6) is 0 Å². The number of nitro benzene ring substituents is 1. The molecule has 0 N–H and O–H groups in total. The summed E-state index contributed by atoms with van der Waals surface area (Å²) >= 11 is 0. The standard InChI is InChI=1S/C13H15FN2O5/c1-3-15(8-12(17)21-4-2)13(18)9-5-10(14)7-11(6-9)16(19)20/h5-7H,3-4,8H2,1-2H3. The maximum Gasteiger partial charge on any atom is 0.325 e. The van der Waals surface area contributed by atoms with Crippen molar-refractivity contribution >= 4 is 17.6 Å². The van der Waals surface area contributed by atoms with E-state index in [1.54, 1.807) is 13.8 Å². The fourth-order valence-electron chi connectivity index (χ4n) is 1.68. The number of nitrogens with zero attached hydrogens (tertiary/aromatic N) is 2. The first-order chi connectivity index (χ1) is 9.88. The van der Waals surface area contributed by atoms with Crippen LogP contribution in [0.3, 0.4) is 0 Å². The van der Waals surface area contributed by atoms with Gasteiger partial charge in [0.15, 0.2) is 0 Å². The topological polar surface area (TPSA) is 89.8 Å². The third-order valence-corrected chi connectivity index (χ3v) is 2.63. The average molecular weight is 298 g/mol. The lowest BCUT2D eigenvalue weighted by atomic mass is 10.1. The second kappa shape index (κ2) is 7.32. The van der Waals surface area contributed by atoms with Crippen molar-refractivity contribution in [3.63, 3.8) is 0 Å². The number of amides is 1. The van der Waals surface area contributed by atoms with E-state index in [1.165, 1.54) is 0 Å². The van der Waals surface area contributed by atoms with Crippen molar-refractivity contribution in [2.75, 3.05) is 19.7 Å². The third kappa shape index (κ3) is 4.51. The number of carbonyl (C=O) groups is 2. The molecule has 0 aliphatic heterocycles. The highest BCUT2D eigenvalue weighted by molar-refractivity contribution is 5.96. The Balaban J connectivity index is 2.99. The highest BCUT2D eigenvalue weighted by atomic mass is 19.1. The van der Waals surface area contributed by atoms with Gasteiger partial charge in [-0.05, 0) is 19.9 Å². The number of esters is 1. The van der Waals surface area contributed by atoms with E-state index in [0.717, 1.165) is 23.1 Å². The zero-order chi connectivity index (χ0) is 16.0. The van der Waals surface area contributed by atoms with E-state index >= 15 is 0 Å². The van der Waals surface area contributed by atoms with Crippen molar-refractivity contribution < 1.29 is 23.6 Å². The van der Waals surface area contributed by atoms with Crippen molar-refractivity contribution in [3.8, 4) is 0 Å². The highest BCUT2D eigenvalue weighted by Gasteiger charge is 2.21. The summed E-state index contributed by atoms with van der Waals surface area (Å²) in [5.41, 5.74) is -0.710. The summed E-state index contributed by atoms with van der Waals surface area (Å²) < 4.78 is 18.1. The smallest absolute Gasteiger partial charge is 0.325 e. The number of non-ortho nitro benzene ring substituents is 1. The molecule has 0 bridgehead atoms. The maximum atomic E-state index is 13.3. The normalized spacial score (nSPS) is 10.0. The number of ether oxygens (including phenoxy) is 1. The van der Waals surface area contributed by atoms with Crippen LogP contribution in [0, 0.1) is 15.9 Å². The van der Waals surface area contributed by atoms with E-state index in [9.17, 15) is 24.1 Å². The van der Waals surface area contributed by atoms with Crippen LogP contribution < -0.4 is 0 Å². The zero-order valence-corrected chi connectivity index (χ0v) is 11.7. The van der Waals surface area contributed by atoms with E-state index in [4.69, 9.17) is 4.74 Å². The molecule has 0 fully saturated rings. The Morgan fingerprint density at radius 3 is 2.52 bits per heavy atom. The van der Waals surface area contributed by atoms with Gasteiger partial charge in [0.25, 0.3) is 11.6 Å². The van der Waals surface area contributed by atoms with Gasteiger partial charge >= 0.3 is 5.97 Å². The van der Waals surface area contributed by atoms with Gasteiger partial charge in [-0.3, -0.25) is 19.7 Å². The first kappa shape index (κ1) is 16.5. The molecular formula is C13H15FN2O5. The molecule has 0 saturated heterocycles. The quantitative estimate of drug-likeness (QED) is 0.453. The SMILES string of the molecule is CCOC(=O)CN(CC)C(=O)c1cc(F)cc([N+](=O)[O-])c1. The van der Waals surface area contributed by atoms with E-state index in [1.807, 2.05) is 0 Å². The Labute approximate surface area is 120 Å². The van der Waals surface area contributed by atoms with Gasteiger partial charge in [-0.2, -0.15) is 0 Å². The molecule has 1 aromatic rings. The summed E-state index contributed by atoms with van der Waals surface area (Å²) in [6.45, 7) is 3.32. The van der Waals surface area contributed by atoms with Crippen molar-refractivity contribution in [3.05, 3.63) is 39.7 Å². The lowest BCUT2D eigenvalue weighted by Crippen LogP contribution is -2.36. The van der Waals surface area contributed by atoms with Crippen LogP contribution in [0.2, 0.25) is 0 Å². The Morgan fingerprint density at radius 1 is 1.33 bits per heavy atom. The molecule has 1 rings (SSSR count). The number of benzene rings is 1. The number of likely N-dealkylation sites (N-methyl/N-ethyl adjacent to an activating group) is 1. The van der Waals surface area contributed by atoms with Gasteiger partial charge < -0.3 is 9.64 Å². The molecule has 1 amide bonds. The lowest BCUT2D eigenvalue weighted by molar-refractivity contribution is -0.385. The number of hydrogen-bond acceptors (Lipinski definition) is 5. The molecule has 0 spiro atoms. The van der Waals surface area contributed by atoms with E-state index in [0.29, 0.717) is 0 Å². The van der Waals surface area contributed by atoms with Crippen molar-refractivity contribution in [2.45, 2.75) is 13.8 Å². The summed E-state index contributed by atoms with van der Waals surface area (Å²) in [5.74, 6) is -2.16. The van der Waals surface area contributed by atoms with Gasteiger partial charge in [-0.1, -0.05) is 0 Å². The average Bonchev–Trinajstić information content (AvgIpc) is 2.43. The van der Waals surface area contributed by atoms with Gasteiger partial charge in [0.1, 0.15) is 12.4 Å². The van der Waals surface area contributed by atoms with Crippen LogP contribution in [-0.4, -0.2) is 41.4 Å². The van der Waals surface area contributed by atoms with Crippen LogP contribution >= 0.6 is 0 Å². The predicted octanol–water partition coefficient (Wildman–Crippen LogP) is 1.76. The highest BCUT2D eigenvalue weighted by Crippen LogP contribution is 2.17. The van der Waals surface area contributed by atoms with Crippen molar-refractivity contribution in [2.24, 2.45) is 0 Å². The Morgan fingerprint density at radius 2 is 2.00 bits per heavy atom. The molecule has 1 aromatic carbocycles. The van der Waals surface area contributed by atoms with E-state index < -0.39 is 28.3 Å². The monoisotopic (exact) mass is 298 g/mol. The molecule has 0 aromatic heterocycles. The minimum Gasteiger partial charge on any atom is -0.465 e. The molecule has 21 heavy (non-hydrogen) atoms. The molecule has 0 atom stereocenters. The molecule has 0 heterocycles. The number of hydrogen-bond donors (Lipinski definition) is 0. The minimum atomic E-state index is -0.889. The molecule has 0 aliphatic rings. The Bertz CT molecular complexity index is 561. The molecule has 0 unspecified atom stereocenters. The molecule has 114 valence electrons. The molecular weight excluding hydrogens is 283 g/mol. The third-order valence-electron chi connectivity index (χ3n) is 2.63. The van der Waals surface area contributed by atoms with Gasteiger partial charge in [-0.25, -0.2) is 4.39 Å². The number of carbonyl (C=O) groups excluding carboxylic acids is 2. The maximum absolute atomic E-state index is 13.3. The molecule has 7 nitrogen and oxygen atoms in total. The number of halogens is 1. The first-order valence-corrected chi connectivity index (χ1v) is 6.28. The van der Waals surface area contributed by atoms with Crippen LogP contribution in [-0.2, 0) is 9.53 Å². The molecule has 0 saturated carbocycles. The fraction of sp³-hybridized carbons (Fsp3) is 0.385. The van der Waals surface area contributed by atoms with Gasteiger partial charge in [0.05, 0.1) is 17.6 Å². The molecule has 8 heteroatoms. The Kier molecular flexibility index (Phi) is 5.77. The summed E-state index contributed by atoms with van der Waals surface area (Å²) in [4.78, 5) is 34.6. The fourth-order valence-corrected chi connectivity index (χ4v) is 1.68. The van der Waals surface area contributed by atoms with Crippen molar-refractivity contribution in [1.29, 1.82) is 0 Å². The second-order valence-corrected chi connectivity index (χ2v) is 4.08. The van der Waals surface area contributed by atoms with Crippen LogP contribution in [0.25, 0.3) is 0 Å². The van der Waals surface area contributed by atoms with E-state index in [2.05, 4.69) is 0 Å². The minimum absolute atomic E-state index is 0.177. The first-order valence-electron chi connectivity index (χ1n) is 6.28. The second-order valence-electron chi connectivity index (χ2n) is 4.08. The summed E-state index contributed by atoms with van der Waals surface area (Å²) in [6.07, 6.45) is 0. The molecule has 0 aliphatic carbocycles. The zero-order valence-electron chi connectivity index (χ0n) is 11.7. The summed E-state index contributed by atoms with van der Waals surface area (Å²) in [5, 5.41) is 10.7. The van der Waals surface area contributed by atoms with Crippen molar-refractivity contribution in [1.82, 2.24) is 4.90 Å². The molecule has 0 radical (unpaired) electrons. The van der Waals surface area contributed by atoms with Crippen LogP contribution in [0.15, 0.2) is 18.2 Å². The summed E-state index contributed by atoms with van der Waals surface area (Å²) in [6, 6.07) is 2.58. The van der Waals surface area contributed by atoms with E-state index in [-0.39, 0.29) is 25.3 Å². The number of nitro groups is 1. The number of rotatable bonds is 6. The van der Waals surface area contributed by atoms with Gasteiger partial charge in [0, 0.05) is 18.2 Å². The summed E-state index contributed by atoms with van der Waals surface area (Å²) in [7, 11) is 0. The lowest BCUT2D eigenvalue weighted by Gasteiger charge is -2.19. The largest absolute Gasteiger partial charge is 0.465 e. The van der Waals surface area contributed by atoms with Gasteiger partial charge in [0.2, 0.25) is 0 Å². The Hall–Kier alpha value is -2.51. The van der Waals surface area contributed by atoms with Crippen LogP contribution in [0.1, 0.15) is 24.2 Å². The predicted molar refractivity (Wildman–Crippen MR) is 71.3 cm³/mol.